The molecule has 0 saturated carbocycles. The minimum atomic E-state index is 1.16. The van der Waals surface area contributed by atoms with Crippen LogP contribution in [0.4, 0.5) is 0 Å². The number of hydrogen-bond acceptors (Lipinski definition) is 1. The normalized spacial score (nSPS) is 10.5. The molecule has 0 bridgehead atoms. The van der Waals surface area contributed by atoms with Crippen LogP contribution >= 0.6 is 0 Å². The Kier molecular flexibility index (Phi) is 20.0. The highest BCUT2D eigenvalue weighted by atomic mass is 14.6. The van der Waals surface area contributed by atoms with Crippen LogP contribution in [0.15, 0.2) is 17.1 Å². The first-order valence-corrected chi connectivity index (χ1v) is 5.40. The summed E-state index contributed by atoms with van der Waals surface area (Å²) in [5, 5.41) is 0. The standard InChI is InChI=1S/C7H13N.C5H12/c1-3-4-5-6-7-8-2;1-3-5-4-2/h5-7H,3-4H2,1-2H3;3-5H2,1-2H3/b6-5-,8-7?;. The van der Waals surface area contributed by atoms with Gasteiger partial charge < -0.3 is 0 Å². The van der Waals surface area contributed by atoms with Gasteiger partial charge in [-0.3, -0.25) is 4.99 Å². The van der Waals surface area contributed by atoms with E-state index in [0.29, 0.717) is 0 Å². The summed E-state index contributed by atoms with van der Waals surface area (Å²) in [6.45, 7) is 6.58. The molecule has 0 rings (SSSR count). The first kappa shape index (κ1) is 14.9. The van der Waals surface area contributed by atoms with Gasteiger partial charge in [0, 0.05) is 13.3 Å². The van der Waals surface area contributed by atoms with Crippen LogP contribution in [0.2, 0.25) is 0 Å². The molecule has 0 radical (unpaired) electrons. The predicted molar refractivity (Wildman–Crippen MR) is 63.7 cm³/mol. The van der Waals surface area contributed by atoms with Gasteiger partial charge in [-0.05, 0) is 12.5 Å². The molecule has 0 N–H and O–H groups in total. The maximum absolute atomic E-state index is 3.80. The molecule has 0 aromatic rings. The van der Waals surface area contributed by atoms with E-state index in [4.69, 9.17) is 0 Å². The van der Waals surface area contributed by atoms with Crippen LogP contribution < -0.4 is 0 Å². The zero-order valence-electron chi connectivity index (χ0n) is 9.71. The Hall–Kier alpha value is -0.590. The fourth-order valence-electron chi connectivity index (χ4n) is 0.763. The van der Waals surface area contributed by atoms with E-state index < -0.39 is 0 Å². The highest BCUT2D eigenvalue weighted by Gasteiger charge is 1.68. The Morgan fingerprint density at radius 2 is 1.62 bits per heavy atom. The maximum Gasteiger partial charge on any atom is 0.0277 e. The molecule has 0 unspecified atom stereocenters. The Balaban J connectivity index is 0. The molecule has 13 heavy (non-hydrogen) atoms. The third kappa shape index (κ3) is 24.6. The van der Waals surface area contributed by atoms with Crippen LogP contribution in [0.3, 0.4) is 0 Å². The third-order valence-corrected chi connectivity index (χ3v) is 1.53. The number of rotatable bonds is 5. The number of hydrogen-bond donors (Lipinski definition) is 0. The summed E-state index contributed by atoms with van der Waals surface area (Å²) >= 11 is 0. The van der Waals surface area contributed by atoms with Crippen molar-refractivity contribution in [3.05, 3.63) is 12.2 Å². The molecule has 0 fully saturated rings. The summed E-state index contributed by atoms with van der Waals surface area (Å²) in [5.74, 6) is 0. The van der Waals surface area contributed by atoms with Gasteiger partial charge in [-0.15, -0.1) is 0 Å². The molecular formula is C12H25N. The molecule has 78 valence electrons. The number of allylic oxidation sites excluding steroid dienone is 2. The van der Waals surface area contributed by atoms with E-state index in [2.05, 4.69) is 31.8 Å². The molecule has 1 nitrogen and oxygen atoms in total. The van der Waals surface area contributed by atoms with Crippen molar-refractivity contribution < 1.29 is 0 Å². The molecule has 0 atom stereocenters. The van der Waals surface area contributed by atoms with Crippen molar-refractivity contribution in [3.8, 4) is 0 Å². The van der Waals surface area contributed by atoms with Crippen molar-refractivity contribution in [2.45, 2.75) is 52.9 Å². The van der Waals surface area contributed by atoms with Crippen LogP contribution in [0.1, 0.15) is 52.9 Å². The minimum absolute atomic E-state index is 1.16. The summed E-state index contributed by atoms with van der Waals surface area (Å²) in [5.41, 5.74) is 0. The third-order valence-electron chi connectivity index (χ3n) is 1.53. The lowest BCUT2D eigenvalue weighted by molar-refractivity contribution is 0.772. The number of nitrogens with zero attached hydrogens (tertiary/aromatic N) is 1. The van der Waals surface area contributed by atoms with E-state index in [9.17, 15) is 0 Å². The lowest BCUT2D eigenvalue weighted by Crippen LogP contribution is -1.63. The van der Waals surface area contributed by atoms with Crippen molar-refractivity contribution in [3.63, 3.8) is 0 Å². The van der Waals surface area contributed by atoms with Crippen LogP contribution in [-0.2, 0) is 0 Å². The molecule has 1 heteroatoms. The van der Waals surface area contributed by atoms with Gasteiger partial charge in [-0.2, -0.15) is 0 Å². The molecule has 0 aliphatic heterocycles. The molecule has 0 aliphatic rings. The fourth-order valence-corrected chi connectivity index (χ4v) is 0.763. The largest absolute Gasteiger partial charge is 0.297 e. The van der Waals surface area contributed by atoms with Crippen molar-refractivity contribution in [2.24, 2.45) is 4.99 Å². The SMILES string of the molecule is CCC/C=C\C=NC.CCCCC. The molecular weight excluding hydrogens is 158 g/mol. The summed E-state index contributed by atoms with van der Waals surface area (Å²) in [6.07, 6.45) is 12.3. The van der Waals surface area contributed by atoms with Gasteiger partial charge in [0.2, 0.25) is 0 Å². The van der Waals surface area contributed by atoms with Crippen LogP contribution in [0, 0.1) is 0 Å². The van der Waals surface area contributed by atoms with E-state index in [1.807, 2.05) is 6.08 Å². The van der Waals surface area contributed by atoms with Crippen LogP contribution in [-0.4, -0.2) is 13.3 Å². The van der Waals surface area contributed by atoms with E-state index >= 15 is 0 Å². The lowest BCUT2D eigenvalue weighted by atomic mass is 10.3. The molecule has 0 aromatic carbocycles. The Bertz CT molecular complexity index is 112. The summed E-state index contributed by atoms with van der Waals surface area (Å²) in [4.78, 5) is 3.80. The van der Waals surface area contributed by atoms with Gasteiger partial charge >= 0.3 is 0 Å². The Morgan fingerprint density at radius 1 is 1.00 bits per heavy atom. The second kappa shape index (κ2) is 17.5. The van der Waals surface area contributed by atoms with E-state index in [1.54, 1.807) is 13.3 Å². The van der Waals surface area contributed by atoms with E-state index in [-0.39, 0.29) is 0 Å². The van der Waals surface area contributed by atoms with Gasteiger partial charge in [0.1, 0.15) is 0 Å². The average Bonchev–Trinajstić information content (AvgIpc) is 2.15. The van der Waals surface area contributed by atoms with Crippen LogP contribution in [0.25, 0.3) is 0 Å². The quantitative estimate of drug-likeness (QED) is 0.565. The second-order valence-electron chi connectivity index (χ2n) is 2.98. The summed E-state index contributed by atoms with van der Waals surface area (Å²) in [7, 11) is 1.77. The molecule has 0 heterocycles. The average molecular weight is 183 g/mol. The Morgan fingerprint density at radius 3 is 1.92 bits per heavy atom. The van der Waals surface area contributed by atoms with Crippen molar-refractivity contribution in [2.75, 3.05) is 7.05 Å². The van der Waals surface area contributed by atoms with Crippen LogP contribution in [0.5, 0.6) is 0 Å². The summed E-state index contributed by atoms with van der Waals surface area (Å²) in [6, 6.07) is 0. The second-order valence-corrected chi connectivity index (χ2v) is 2.98. The maximum atomic E-state index is 3.80. The van der Waals surface area contributed by atoms with Gasteiger partial charge in [-0.1, -0.05) is 52.5 Å². The van der Waals surface area contributed by atoms with Crippen molar-refractivity contribution >= 4 is 6.21 Å². The predicted octanol–water partition coefficient (Wildman–Crippen LogP) is 4.24. The van der Waals surface area contributed by atoms with Crippen molar-refractivity contribution in [1.82, 2.24) is 0 Å². The topological polar surface area (TPSA) is 12.4 Å². The Labute approximate surface area is 84.0 Å². The first-order chi connectivity index (χ1) is 6.33. The monoisotopic (exact) mass is 183 g/mol. The minimum Gasteiger partial charge on any atom is -0.297 e. The highest BCUT2D eigenvalue weighted by Crippen LogP contribution is 1.88. The van der Waals surface area contributed by atoms with Gasteiger partial charge in [0.25, 0.3) is 0 Å². The zero-order valence-corrected chi connectivity index (χ0v) is 9.71. The van der Waals surface area contributed by atoms with Gasteiger partial charge in [0.05, 0.1) is 0 Å². The molecule has 0 spiro atoms. The summed E-state index contributed by atoms with van der Waals surface area (Å²) < 4.78 is 0. The highest BCUT2D eigenvalue weighted by molar-refractivity contribution is 5.70. The number of unbranched alkanes of at least 4 members (excludes halogenated alkanes) is 3. The molecule has 0 aromatic heterocycles. The number of aliphatic imine (C=N–C) groups is 1. The molecule has 0 saturated heterocycles. The lowest BCUT2D eigenvalue weighted by Gasteiger charge is -1.79. The molecule has 0 amide bonds. The first-order valence-electron chi connectivity index (χ1n) is 5.40. The smallest absolute Gasteiger partial charge is 0.0277 e. The zero-order chi connectivity index (χ0) is 10.4. The van der Waals surface area contributed by atoms with Gasteiger partial charge in [0.15, 0.2) is 0 Å². The van der Waals surface area contributed by atoms with Gasteiger partial charge in [-0.25, -0.2) is 0 Å². The van der Waals surface area contributed by atoms with E-state index in [0.717, 1.165) is 6.42 Å². The molecule has 0 aliphatic carbocycles. The fraction of sp³-hybridized carbons (Fsp3) is 0.750. The van der Waals surface area contributed by atoms with Crippen molar-refractivity contribution in [1.29, 1.82) is 0 Å². The van der Waals surface area contributed by atoms with E-state index in [1.165, 1.54) is 25.7 Å².